The Morgan fingerprint density at radius 2 is 1.67 bits per heavy atom. The average molecular weight is 348 g/mol. The van der Waals surface area contributed by atoms with Gasteiger partial charge in [0.05, 0.1) is 11.6 Å². The maximum atomic E-state index is 12.1. The molecular formula is C17H18BrNO2. The molecule has 2 rings (SSSR count). The van der Waals surface area contributed by atoms with E-state index in [1.165, 1.54) is 0 Å². The summed E-state index contributed by atoms with van der Waals surface area (Å²) in [6.45, 7) is 2.00. The zero-order chi connectivity index (χ0) is 15.1. The topological polar surface area (TPSA) is 38.3 Å². The van der Waals surface area contributed by atoms with E-state index in [-0.39, 0.29) is 18.1 Å². The van der Waals surface area contributed by atoms with E-state index in [0.29, 0.717) is 10.9 Å². The van der Waals surface area contributed by atoms with Gasteiger partial charge in [-0.25, -0.2) is 4.79 Å². The summed E-state index contributed by atoms with van der Waals surface area (Å²) in [5.74, 6) is -0.304. The number of carbonyl (C=O) groups is 1. The fraction of sp³-hybridized carbons (Fsp3) is 0.235. The van der Waals surface area contributed by atoms with Crippen molar-refractivity contribution in [2.24, 2.45) is 0 Å². The highest BCUT2D eigenvalue weighted by Crippen LogP contribution is 2.14. The Labute approximate surface area is 133 Å². The lowest BCUT2D eigenvalue weighted by Gasteiger charge is -2.24. The molecule has 0 aliphatic heterocycles. The van der Waals surface area contributed by atoms with E-state index in [0.717, 1.165) is 5.69 Å². The van der Waals surface area contributed by atoms with Gasteiger partial charge in [0, 0.05) is 11.0 Å². The van der Waals surface area contributed by atoms with E-state index in [2.05, 4.69) is 21.2 Å². The third kappa shape index (κ3) is 4.60. The summed E-state index contributed by atoms with van der Waals surface area (Å²) in [6, 6.07) is 18.9. The molecule has 0 bridgehead atoms. The molecule has 2 aromatic carbocycles. The highest BCUT2D eigenvalue weighted by molar-refractivity contribution is 9.09. The van der Waals surface area contributed by atoms with E-state index in [4.69, 9.17) is 4.74 Å². The number of nitrogens with one attached hydrogen (secondary N) is 1. The number of rotatable bonds is 6. The monoisotopic (exact) mass is 347 g/mol. The van der Waals surface area contributed by atoms with Crippen LogP contribution >= 0.6 is 15.9 Å². The number of benzene rings is 2. The van der Waals surface area contributed by atoms with Crippen molar-refractivity contribution in [3.05, 3.63) is 66.2 Å². The van der Waals surface area contributed by atoms with Gasteiger partial charge in [-0.05, 0) is 31.2 Å². The zero-order valence-electron chi connectivity index (χ0n) is 11.8. The van der Waals surface area contributed by atoms with E-state index in [1.54, 1.807) is 12.1 Å². The first-order chi connectivity index (χ1) is 10.2. The van der Waals surface area contributed by atoms with Crippen molar-refractivity contribution in [3.63, 3.8) is 0 Å². The Morgan fingerprint density at radius 3 is 2.24 bits per heavy atom. The number of halogens is 1. The van der Waals surface area contributed by atoms with Gasteiger partial charge in [-0.15, -0.1) is 0 Å². The van der Waals surface area contributed by atoms with Gasteiger partial charge in [0.15, 0.2) is 0 Å². The largest absolute Gasteiger partial charge is 0.456 e. The van der Waals surface area contributed by atoms with E-state index >= 15 is 0 Å². The predicted molar refractivity (Wildman–Crippen MR) is 89.0 cm³/mol. The smallest absolute Gasteiger partial charge is 0.338 e. The van der Waals surface area contributed by atoms with Gasteiger partial charge in [0.25, 0.3) is 0 Å². The second kappa shape index (κ2) is 7.84. The van der Waals surface area contributed by atoms with Crippen molar-refractivity contribution in [2.45, 2.75) is 19.1 Å². The molecule has 0 aliphatic rings. The van der Waals surface area contributed by atoms with Gasteiger partial charge in [-0.3, -0.25) is 0 Å². The van der Waals surface area contributed by atoms with Crippen LogP contribution in [0.5, 0.6) is 0 Å². The second-order valence-electron chi connectivity index (χ2n) is 4.76. The van der Waals surface area contributed by atoms with Crippen LogP contribution in [0.3, 0.4) is 0 Å². The minimum atomic E-state index is -0.304. The Bertz CT molecular complexity index is 560. The summed E-state index contributed by atoms with van der Waals surface area (Å²) in [7, 11) is 0. The van der Waals surface area contributed by atoms with Gasteiger partial charge in [0.2, 0.25) is 0 Å². The molecular weight excluding hydrogens is 330 g/mol. The Kier molecular flexibility index (Phi) is 5.81. The molecule has 0 radical (unpaired) electrons. The molecule has 0 aromatic heterocycles. The lowest BCUT2D eigenvalue weighted by Crippen LogP contribution is -2.36. The quantitative estimate of drug-likeness (QED) is 0.631. The molecule has 21 heavy (non-hydrogen) atoms. The number of ether oxygens (including phenoxy) is 1. The minimum absolute atomic E-state index is 0.000521. The van der Waals surface area contributed by atoms with Crippen LogP contribution < -0.4 is 5.32 Å². The molecule has 2 unspecified atom stereocenters. The van der Waals surface area contributed by atoms with Crippen molar-refractivity contribution in [1.29, 1.82) is 0 Å². The number of para-hydroxylation sites is 1. The molecule has 2 aromatic rings. The van der Waals surface area contributed by atoms with Crippen molar-refractivity contribution in [1.82, 2.24) is 0 Å². The number of esters is 1. The summed E-state index contributed by atoms with van der Waals surface area (Å²) in [5, 5.41) is 3.92. The first-order valence-corrected chi connectivity index (χ1v) is 7.96. The van der Waals surface area contributed by atoms with Crippen molar-refractivity contribution >= 4 is 27.6 Å². The maximum absolute atomic E-state index is 12.1. The van der Waals surface area contributed by atoms with Gasteiger partial charge >= 0.3 is 5.97 Å². The van der Waals surface area contributed by atoms with Gasteiger partial charge in [0.1, 0.15) is 6.10 Å². The summed E-state index contributed by atoms with van der Waals surface area (Å²) < 4.78 is 5.57. The lowest BCUT2D eigenvalue weighted by atomic mass is 10.2. The van der Waals surface area contributed by atoms with Crippen LogP contribution in [0.2, 0.25) is 0 Å². The molecule has 2 atom stereocenters. The summed E-state index contributed by atoms with van der Waals surface area (Å²) in [6.07, 6.45) is -0.252. The third-order valence-corrected chi connectivity index (χ3v) is 3.78. The van der Waals surface area contributed by atoms with Crippen LogP contribution in [-0.2, 0) is 4.74 Å². The summed E-state index contributed by atoms with van der Waals surface area (Å²) >= 11 is 3.41. The van der Waals surface area contributed by atoms with Crippen LogP contribution in [0.15, 0.2) is 60.7 Å². The predicted octanol–water partition coefficient (Wildman–Crippen LogP) is 4.11. The average Bonchev–Trinajstić information content (AvgIpc) is 2.54. The highest BCUT2D eigenvalue weighted by Gasteiger charge is 2.21. The lowest BCUT2D eigenvalue weighted by molar-refractivity contribution is 0.0325. The van der Waals surface area contributed by atoms with Gasteiger partial charge < -0.3 is 10.1 Å². The molecule has 0 aliphatic carbocycles. The highest BCUT2D eigenvalue weighted by atomic mass is 79.9. The standard InChI is InChI=1S/C17H18BrNO2/c1-13(19-15-10-6-3-7-11-15)16(12-18)21-17(20)14-8-4-2-5-9-14/h2-11,13,16,19H,12H2,1H3. The fourth-order valence-electron chi connectivity index (χ4n) is 1.94. The van der Waals surface area contributed by atoms with Crippen LogP contribution in [0.1, 0.15) is 17.3 Å². The number of alkyl halides is 1. The zero-order valence-corrected chi connectivity index (χ0v) is 13.4. The number of hydrogen-bond donors (Lipinski definition) is 1. The van der Waals surface area contributed by atoms with Crippen LogP contribution in [0, 0.1) is 0 Å². The molecule has 0 heterocycles. The van der Waals surface area contributed by atoms with Crippen molar-refractivity contribution < 1.29 is 9.53 Å². The van der Waals surface area contributed by atoms with Gasteiger partial charge in [-0.2, -0.15) is 0 Å². The normalized spacial score (nSPS) is 13.2. The number of anilines is 1. The molecule has 0 saturated carbocycles. The third-order valence-electron chi connectivity index (χ3n) is 3.15. The van der Waals surface area contributed by atoms with Crippen LogP contribution in [0.4, 0.5) is 5.69 Å². The molecule has 0 saturated heterocycles. The van der Waals surface area contributed by atoms with E-state index < -0.39 is 0 Å². The number of hydrogen-bond acceptors (Lipinski definition) is 3. The minimum Gasteiger partial charge on any atom is -0.456 e. The molecule has 0 spiro atoms. The molecule has 4 heteroatoms. The summed E-state index contributed by atoms with van der Waals surface area (Å²) in [5.41, 5.74) is 1.57. The maximum Gasteiger partial charge on any atom is 0.338 e. The van der Waals surface area contributed by atoms with E-state index in [1.807, 2.05) is 55.5 Å². The molecule has 0 fully saturated rings. The van der Waals surface area contributed by atoms with Crippen molar-refractivity contribution in [2.75, 3.05) is 10.6 Å². The molecule has 3 nitrogen and oxygen atoms in total. The van der Waals surface area contributed by atoms with Crippen LogP contribution in [-0.4, -0.2) is 23.4 Å². The Balaban J connectivity index is 1.97. The van der Waals surface area contributed by atoms with E-state index in [9.17, 15) is 4.79 Å². The summed E-state index contributed by atoms with van der Waals surface area (Å²) in [4.78, 5) is 12.1. The van der Waals surface area contributed by atoms with Crippen LogP contribution in [0.25, 0.3) is 0 Å². The SMILES string of the molecule is CC(Nc1ccccc1)C(CBr)OC(=O)c1ccccc1. The van der Waals surface area contributed by atoms with Crippen molar-refractivity contribution in [3.8, 4) is 0 Å². The first-order valence-electron chi connectivity index (χ1n) is 6.84. The Hall–Kier alpha value is -1.81. The molecule has 110 valence electrons. The fourth-order valence-corrected chi connectivity index (χ4v) is 2.63. The first kappa shape index (κ1) is 15.6. The number of carbonyl (C=O) groups excluding carboxylic acids is 1. The second-order valence-corrected chi connectivity index (χ2v) is 5.41. The molecule has 0 amide bonds. The Morgan fingerprint density at radius 1 is 1.10 bits per heavy atom. The molecule has 1 N–H and O–H groups in total. The van der Waals surface area contributed by atoms with Gasteiger partial charge in [-0.1, -0.05) is 52.3 Å².